The van der Waals surface area contributed by atoms with Crippen LogP contribution in [0.15, 0.2) is 58.2 Å². The second kappa shape index (κ2) is 8.19. The molecule has 3 aromatic rings. The molecule has 1 atom stereocenters. The highest BCUT2D eigenvalue weighted by Crippen LogP contribution is 2.34. The minimum atomic E-state index is 0.0716. The summed E-state index contributed by atoms with van der Waals surface area (Å²) in [5.74, 6) is 0.842. The van der Waals surface area contributed by atoms with Crippen LogP contribution in [0, 0.1) is 6.92 Å². The third kappa shape index (κ3) is 3.83. The van der Waals surface area contributed by atoms with Crippen molar-refractivity contribution in [2.45, 2.75) is 37.5 Å². The first kappa shape index (κ1) is 18.7. The van der Waals surface area contributed by atoms with Crippen LogP contribution in [0.3, 0.4) is 0 Å². The third-order valence-corrected chi connectivity index (χ3v) is 6.10. The van der Waals surface area contributed by atoms with Gasteiger partial charge in [0.25, 0.3) is 5.22 Å². The third-order valence-electron chi connectivity index (χ3n) is 5.30. The van der Waals surface area contributed by atoms with Crippen LogP contribution >= 0.6 is 11.8 Å². The van der Waals surface area contributed by atoms with Crippen molar-refractivity contribution >= 4 is 17.7 Å². The number of thioether (sulfide) groups is 1. The number of rotatable bonds is 5. The fraction of sp³-hybridized carbons (Fsp3) is 0.318. The van der Waals surface area contributed by atoms with E-state index in [1.807, 2.05) is 43.1 Å². The van der Waals surface area contributed by atoms with Gasteiger partial charge in [-0.2, -0.15) is 0 Å². The Morgan fingerprint density at radius 3 is 2.82 bits per heavy atom. The van der Waals surface area contributed by atoms with Gasteiger partial charge in [-0.15, -0.1) is 10.2 Å². The van der Waals surface area contributed by atoms with Crippen LogP contribution in [0.4, 0.5) is 0 Å². The minimum absolute atomic E-state index is 0.0716. The molecule has 5 nitrogen and oxygen atoms in total. The lowest BCUT2D eigenvalue weighted by atomic mass is 9.87. The largest absolute Gasteiger partial charge is 0.411 e. The SMILES string of the molecule is Cc1ccccc1-c1nnc(SCC(=O)N(C)[C@@H]2CCCc3ccccc32)o1. The fourth-order valence-electron chi connectivity index (χ4n) is 3.72. The molecule has 0 spiro atoms. The summed E-state index contributed by atoms with van der Waals surface area (Å²) in [5, 5.41) is 8.64. The van der Waals surface area contributed by atoms with Crippen molar-refractivity contribution < 1.29 is 9.21 Å². The van der Waals surface area contributed by atoms with Crippen LogP contribution in [0.1, 0.15) is 35.6 Å². The van der Waals surface area contributed by atoms with Gasteiger partial charge in [0, 0.05) is 12.6 Å². The Balaban J connectivity index is 1.41. The lowest BCUT2D eigenvalue weighted by Gasteiger charge is -2.33. The van der Waals surface area contributed by atoms with Crippen LogP contribution in [0.5, 0.6) is 0 Å². The molecule has 0 radical (unpaired) electrons. The highest BCUT2D eigenvalue weighted by atomic mass is 32.2. The summed E-state index contributed by atoms with van der Waals surface area (Å²) in [7, 11) is 1.89. The molecular formula is C22H23N3O2S. The van der Waals surface area contributed by atoms with Gasteiger partial charge in [-0.1, -0.05) is 54.2 Å². The first-order chi connectivity index (χ1) is 13.6. The normalized spacial score (nSPS) is 15.9. The average molecular weight is 394 g/mol. The molecule has 28 heavy (non-hydrogen) atoms. The van der Waals surface area contributed by atoms with Gasteiger partial charge in [0.15, 0.2) is 0 Å². The van der Waals surface area contributed by atoms with Gasteiger partial charge < -0.3 is 9.32 Å². The highest BCUT2D eigenvalue weighted by Gasteiger charge is 2.26. The molecule has 0 saturated heterocycles. The second-order valence-electron chi connectivity index (χ2n) is 7.09. The van der Waals surface area contributed by atoms with E-state index in [4.69, 9.17) is 4.42 Å². The standard InChI is InChI=1S/C22H23N3O2S/c1-15-8-3-5-11-17(15)21-23-24-22(27-21)28-14-20(26)25(2)19-13-7-10-16-9-4-6-12-18(16)19/h3-6,8-9,11-12,19H,7,10,13-14H2,1-2H3/t19-/m1/s1. The van der Waals surface area contributed by atoms with Gasteiger partial charge in [0.1, 0.15) is 0 Å². The minimum Gasteiger partial charge on any atom is -0.411 e. The number of nitrogens with zero attached hydrogens (tertiary/aromatic N) is 3. The number of aromatic nitrogens is 2. The molecule has 0 N–H and O–H groups in total. The second-order valence-corrected chi connectivity index (χ2v) is 8.01. The van der Waals surface area contributed by atoms with Gasteiger partial charge in [-0.25, -0.2) is 0 Å². The number of aryl methyl sites for hydroxylation is 2. The average Bonchev–Trinajstić information content (AvgIpc) is 3.20. The number of hydrogen-bond donors (Lipinski definition) is 0. The van der Waals surface area contributed by atoms with Crippen molar-refractivity contribution in [1.29, 1.82) is 0 Å². The van der Waals surface area contributed by atoms with E-state index in [0.29, 0.717) is 11.1 Å². The Bertz CT molecular complexity index is 985. The number of hydrogen-bond acceptors (Lipinski definition) is 5. The molecule has 1 aliphatic rings. The Hall–Kier alpha value is -2.60. The molecule has 0 aliphatic heterocycles. The van der Waals surface area contributed by atoms with E-state index in [1.54, 1.807) is 0 Å². The predicted molar refractivity (Wildman–Crippen MR) is 110 cm³/mol. The predicted octanol–water partition coefficient (Wildman–Crippen LogP) is 4.67. The molecule has 1 amide bonds. The van der Waals surface area contributed by atoms with E-state index in [-0.39, 0.29) is 17.7 Å². The monoisotopic (exact) mass is 393 g/mol. The molecule has 0 bridgehead atoms. The number of benzene rings is 2. The smallest absolute Gasteiger partial charge is 0.277 e. The number of carbonyl (C=O) groups is 1. The summed E-state index contributed by atoms with van der Waals surface area (Å²) in [6, 6.07) is 16.5. The van der Waals surface area contributed by atoms with Gasteiger partial charge in [-0.3, -0.25) is 4.79 Å². The summed E-state index contributed by atoms with van der Waals surface area (Å²) in [5.41, 5.74) is 4.62. The summed E-state index contributed by atoms with van der Waals surface area (Å²) < 4.78 is 5.75. The van der Waals surface area contributed by atoms with Gasteiger partial charge in [0.05, 0.1) is 11.8 Å². The summed E-state index contributed by atoms with van der Waals surface area (Å²) in [6.07, 6.45) is 3.20. The fourth-order valence-corrected chi connectivity index (χ4v) is 4.41. The molecular weight excluding hydrogens is 370 g/mol. The maximum Gasteiger partial charge on any atom is 0.277 e. The Morgan fingerprint density at radius 1 is 1.18 bits per heavy atom. The van der Waals surface area contributed by atoms with Crippen molar-refractivity contribution in [3.8, 4) is 11.5 Å². The van der Waals surface area contributed by atoms with E-state index in [9.17, 15) is 4.79 Å². The maximum atomic E-state index is 12.8. The highest BCUT2D eigenvalue weighted by molar-refractivity contribution is 7.99. The van der Waals surface area contributed by atoms with Crippen molar-refractivity contribution in [1.82, 2.24) is 15.1 Å². The van der Waals surface area contributed by atoms with Crippen molar-refractivity contribution in [2.75, 3.05) is 12.8 Å². The van der Waals surface area contributed by atoms with Gasteiger partial charge in [0.2, 0.25) is 11.8 Å². The lowest BCUT2D eigenvalue weighted by molar-refractivity contribution is -0.129. The molecule has 2 aromatic carbocycles. The van der Waals surface area contributed by atoms with Crippen LogP contribution in [0.25, 0.3) is 11.5 Å². The van der Waals surface area contributed by atoms with E-state index in [1.165, 1.54) is 22.9 Å². The zero-order valence-electron chi connectivity index (χ0n) is 16.1. The van der Waals surface area contributed by atoms with Crippen molar-refractivity contribution in [2.24, 2.45) is 0 Å². The summed E-state index contributed by atoms with van der Waals surface area (Å²) >= 11 is 1.29. The summed E-state index contributed by atoms with van der Waals surface area (Å²) in [6.45, 7) is 2.01. The van der Waals surface area contributed by atoms with Crippen molar-refractivity contribution in [3.63, 3.8) is 0 Å². The van der Waals surface area contributed by atoms with Gasteiger partial charge in [-0.05, 0) is 48.9 Å². The van der Waals surface area contributed by atoms with Crippen molar-refractivity contribution in [3.05, 3.63) is 65.2 Å². The molecule has 144 valence electrons. The number of fused-ring (bicyclic) bond motifs is 1. The zero-order chi connectivity index (χ0) is 19.5. The van der Waals surface area contributed by atoms with Crippen LogP contribution < -0.4 is 0 Å². The topological polar surface area (TPSA) is 59.2 Å². The lowest BCUT2D eigenvalue weighted by Crippen LogP contribution is -2.34. The zero-order valence-corrected chi connectivity index (χ0v) is 16.9. The molecule has 1 heterocycles. The van der Waals surface area contributed by atoms with E-state index < -0.39 is 0 Å². The number of carbonyl (C=O) groups excluding carboxylic acids is 1. The Kier molecular flexibility index (Phi) is 5.48. The number of amides is 1. The van der Waals surface area contributed by atoms with Crippen LogP contribution in [0.2, 0.25) is 0 Å². The molecule has 1 aliphatic carbocycles. The first-order valence-corrected chi connectivity index (χ1v) is 10.5. The van der Waals surface area contributed by atoms with Gasteiger partial charge >= 0.3 is 0 Å². The molecule has 0 saturated carbocycles. The van der Waals surface area contributed by atoms with E-state index in [2.05, 4.69) is 34.5 Å². The van der Waals surface area contributed by atoms with Crippen LogP contribution in [-0.2, 0) is 11.2 Å². The quantitative estimate of drug-likeness (QED) is 0.590. The van der Waals surface area contributed by atoms with E-state index in [0.717, 1.165) is 30.4 Å². The molecule has 0 unspecified atom stereocenters. The first-order valence-electron chi connectivity index (χ1n) is 9.49. The molecule has 6 heteroatoms. The maximum absolute atomic E-state index is 12.8. The van der Waals surface area contributed by atoms with E-state index >= 15 is 0 Å². The Labute approximate surface area is 169 Å². The molecule has 1 aromatic heterocycles. The summed E-state index contributed by atoms with van der Waals surface area (Å²) in [4.78, 5) is 14.6. The Morgan fingerprint density at radius 2 is 1.96 bits per heavy atom. The molecule has 0 fully saturated rings. The van der Waals surface area contributed by atoms with Crippen LogP contribution in [-0.4, -0.2) is 33.8 Å². The molecule has 4 rings (SSSR count).